The van der Waals surface area contributed by atoms with Gasteiger partial charge in [-0.2, -0.15) is 13.2 Å². The number of rotatable bonds is 13. The SMILES string of the molecule is COc1ccc2c(O[C@@H]3C[C@H]4C(=O)N[C@]5(P(=O)(O)Cc6c(F)cccc6F)C[C@@H]5CCCCCCC[C@H](NC(=O)CCCC(F)(F)F)C(=O)N4C3)cc(-c3csc(NC(C)C)n3)nc2c1Cl. The van der Waals surface area contributed by atoms with Crippen molar-refractivity contribution in [1.82, 2.24) is 25.5 Å². The van der Waals surface area contributed by atoms with Crippen molar-refractivity contribution in [2.45, 2.75) is 133 Å². The normalized spacial score (nSPS) is 23.8. The Hall–Kier alpha value is -4.58. The van der Waals surface area contributed by atoms with Gasteiger partial charge in [-0.15, -0.1) is 11.3 Å². The van der Waals surface area contributed by atoms with Gasteiger partial charge >= 0.3 is 6.18 Å². The molecular formula is C45H53ClF5N6O7PS. The van der Waals surface area contributed by atoms with Crippen LogP contribution in [0.4, 0.5) is 27.1 Å². The van der Waals surface area contributed by atoms with Crippen molar-refractivity contribution in [1.29, 1.82) is 0 Å². The maximum absolute atomic E-state index is 14.9. The summed E-state index contributed by atoms with van der Waals surface area (Å²) >= 11 is 8.19. The number of methoxy groups -OCH3 is 1. The predicted octanol–water partition coefficient (Wildman–Crippen LogP) is 9.73. The number of amides is 3. The Morgan fingerprint density at radius 1 is 1.06 bits per heavy atom. The molecule has 0 spiro atoms. The molecule has 1 unspecified atom stereocenters. The van der Waals surface area contributed by atoms with E-state index in [1.807, 2.05) is 19.2 Å². The molecule has 2 aromatic heterocycles. The minimum atomic E-state index is -4.63. The summed E-state index contributed by atoms with van der Waals surface area (Å²) in [7, 11) is -3.17. The Balaban J connectivity index is 1.25. The van der Waals surface area contributed by atoms with Gasteiger partial charge in [0.1, 0.15) is 57.3 Å². The summed E-state index contributed by atoms with van der Waals surface area (Å²) in [5, 5.41) is 10.1. The van der Waals surface area contributed by atoms with Gasteiger partial charge in [-0.25, -0.2) is 18.7 Å². The zero-order chi connectivity index (χ0) is 47.6. The maximum atomic E-state index is 14.9. The van der Waals surface area contributed by atoms with Crippen LogP contribution < -0.4 is 25.4 Å². The number of nitrogens with zero attached hydrogens (tertiary/aromatic N) is 3. The highest BCUT2D eigenvalue weighted by atomic mass is 35.5. The highest BCUT2D eigenvalue weighted by molar-refractivity contribution is 7.59. The van der Waals surface area contributed by atoms with Crippen LogP contribution in [-0.4, -0.2) is 86.8 Å². The highest BCUT2D eigenvalue weighted by Crippen LogP contribution is 2.71. The number of halogens is 6. The van der Waals surface area contributed by atoms with Gasteiger partial charge in [0.05, 0.1) is 31.0 Å². The van der Waals surface area contributed by atoms with Crippen molar-refractivity contribution < 1.29 is 55.3 Å². The maximum Gasteiger partial charge on any atom is 0.389 e. The second-order valence-electron chi connectivity index (χ2n) is 17.6. The van der Waals surface area contributed by atoms with Gasteiger partial charge in [0, 0.05) is 47.7 Å². The van der Waals surface area contributed by atoms with E-state index < -0.39 is 103 Å². The monoisotopic (exact) mass is 982 g/mol. The van der Waals surface area contributed by atoms with Crippen LogP contribution in [0.15, 0.2) is 41.8 Å². The van der Waals surface area contributed by atoms with Gasteiger partial charge in [-0.3, -0.25) is 18.9 Å². The molecule has 2 aromatic carbocycles. The number of thiazole rings is 1. The molecule has 66 heavy (non-hydrogen) atoms. The first-order valence-corrected chi connectivity index (χ1v) is 25.2. The van der Waals surface area contributed by atoms with Gasteiger partial charge in [0.25, 0.3) is 0 Å². The Labute approximate surface area is 388 Å². The fourth-order valence-electron chi connectivity index (χ4n) is 8.96. The van der Waals surface area contributed by atoms with Gasteiger partial charge < -0.3 is 35.2 Å². The summed E-state index contributed by atoms with van der Waals surface area (Å²) < 4.78 is 95.5. The molecule has 358 valence electrons. The number of nitrogens with one attached hydrogen (secondary N) is 3. The van der Waals surface area contributed by atoms with Gasteiger partial charge in [0.15, 0.2) is 5.13 Å². The van der Waals surface area contributed by atoms with E-state index >= 15 is 0 Å². The number of benzene rings is 2. The van der Waals surface area contributed by atoms with Crippen LogP contribution in [0.5, 0.6) is 11.5 Å². The van der Waals surface area contributed by atoms with Gasteiger partial charge in [0.2, 0.25) is 25.1 Å². The van der Waals surface area contributed by atoms with E-state index in [0.29, 0.717) is 71.7 Å². The van der Waals surface area contributed by atoms with E-state index in [1.165, 1.54) is 23.3 Å². The molecule has 0 bridgehead atoms. The van der Waals surface area contributed by atoms with Crippen LogP contribution in [0.2, 0.25) is 5.02 Å². The summed E-state index contributed by atoms with van der Waals surface area (Å²) in [5.41, 5.74) is 0.628. The number of anilines is 1. The number of carbonyl (C=O) groups excluding carboxylic acids is 3. The third-order valence-electron chi connectivity index (χ3n) is 12.4. The molecule has 4 aromatic rings. The first kappa shape index (κ1) is 49.3. The first-order valence-electron chi connectivity index (χ1n) is 22.1. The number of alkyl halides is 3. The molecule has 7 rings (SSSR count). The van der Waals surface area contributed by atoms with Crippen LogP contribution in [0.3, 0.4) is 0 Å². The third-order valence-corrected chi connectivity index (χ3v) is 16.2. The fourth-order valence-corrected chi connectivity index (χ4v) is 12.6. The highest BCUT2D eigenvalue weighted by Gasteiger charge is 2.66. The molecule has 4 N–H and O–H groups in total. The molecule has 0 radical (unpaired) electrons. The second-order valence-corrected chi connectivity index (χ2v) is 21.4. The second kappa shape index (κ2) is 20.3. The molecule has 3 amide bonds. The van der Waals surface area contributed by atoms with Crippen molar-refractivity contribution in [3.63, 3.8) is 0 Å². The third kappa shape index (κ3) is 11.2. The number of fused-ring (bicyclic) bond motifs is 3. The van der Waals surface area contributed by atoms with Gasteiger partial charge in [-0.1, -0.05) is 49.8 Å². The van der Waals surface area contributed by atoms with Crippen molar-refractivity contribution in [3.8, 4) is 22.9 Å². The summed E-state index contributed by atoms with van der Waals surface area (Å²) in [6.45, 7) is 3.73. The molecule has 21 heteroatoms. The molecule has 6 atom stereocenters. The first-order chi connectivity index (χ1) is 31.3. The number of aromatic nitrogens is 2. The lowest BCUT2D eigenvalue weighted by atomic mass is 10.0. The Morgan fingerprint density at radius 2 is 1.77 bits per heavy atom. The molecule has 1 saturated carbocycles. The van der Waals surface area contributed by atoms with Crippen LogP contribution >= 0.6 is 30.3 Å². The molecule has 13 nitrogen and oxygen atoms in total. The summed E-state index contributed by atoms with van der Waals surface area (Å²) in [5.74, 6) is -4.18. The molecule has 1 aliphatic carbocycles. The average molecular weight is 983 g/mol. The minimum absolute atomic E-state index is 0.0564. The lowest BCUT2D eigenvalue weighted by molar-refractivity contribution is -0.142. The number of hydrogen-bond acceptors (Lipinski definition) is 10. The molecule has 3 fully saturated rings. The molecule has 4 heterocycles. The smallest absolute Gasteiger partial charge is 0.389 e. The molecule has 2 aliphatic heterocycles. The van der Waals surface area contributed by atoms with E-state index in [-0.39, 0.29) is 42.6 Å². The number of ether oxygens (including phenoxy) is 2. The molecule has 3 aliphatic rings. The molecule has 2 saturated heterocycles. The standard InChI is InChI=1S/C45H53ClF5N6O7PS/c1-25(2)52-43-55-34(24-66-43)33-20-37(28-16-17-36(63-3)39(46)40(28)54-33)64-27-19-35-41(59)56-44(65(61,62)23-29-30(47)12-9-13-31(29)48)21-26(44)11-7-5-4-6-8-14-32(42(60)57(35)22-27)53-38(58)15-10-18-45(49,50)51/h9,12-13,16-17,20,24-27,32,35H,4-8,10-11,14-15,18-19,21-23H2,1-3H3,(H,52,55)(H,53,58)(H,56,59)(H,61,62)/t26-,27+,32-,35-,44-/m0/s1. The van der Waals surface area contributed by atoms with Crippen LogP contribution in [-0.2, 0) is 25.1 Å². The van der Waals surface area contributed by atoms with Crippen molar-refractivity contribution >= 4 is 64.1 Å². The van der Waals surface area contributed by atoms with Crippen LogP contribution in [0, 0.1) is 17.6 Å². The average Bonchev–Trinajstić information content (AvgIpc) is 3.51. The zero-order valence-corrected chi connectivity index (χ0v) is 39.2. The number of carbonyl (C=O) groups is 3. The van der Waals surface area contributed by atoms with Gasteiger partial charge in [-0.05, 0) is 69.7 Å². The lowest BCUT2D eigenvalue weighted by Crippen LogP contribution is -2.55. The van der Waals surface area contributed by atoms with Crippen molar-refractivity contribution in [2.24, 2.45) is 5.92 Å². The summed E-state index contributed by atoms with van der Waals surface area (Å²) in [4.78, 5) is 65.2. The fraction of sp³-hybridized carbons (Fsp3) is 0.533. The van der Waals surface area contributed by atoms with Crippen molar-refractivity contribution in [3.05, 3.63) is 64.0 Å². The predicted molar refractivity (Wildman–Crippen MR) is 241 cm³/mol. The molecular weight excluding hydrogens is 930 g/mol. The Bertz CT molecular complexity index is 2480. The zero-order valence-electron chi connectivity index (χ0n) is 36.7. The van der Waals surface area contributed by atoms with E-state index in [4.69, 9.17) is 31.0 Å². The number of pyridine rings is 1. The van der Waals surface area contributed by atoms with Crippen molar-refractivity contribution in [2.75, 3.05) is 19.0 Å². The number of hydrogen-bond donors (Lipinski definition) is 4. The summed E-state index contributed by atoms with van der Waals surface area (Å²) in [6, 6.07) is 5.64. The minimum Gasteiger partial charge on any atom is -0.495 e. The van der Waals surface area contributed by atoms with E-state index in [0.717, 1.165) is 18.2 Å². The van der Waals surface area contributed by atoms with Crippen LogP contribution in [0.1, 0.15) is 96.5 Å². The Morgan fingerprint density at radius 3 is 2.47 bits per heavy atom. The Kier molecular flexibility index (Phi) is 15.2. The van der Waals surface area contributed by atoms with E-state index in [9.17, 15) is 45.8 Å². The largest absolute Gasteiger partial charge is 0.495 e. The summed E-state index contributed by atoms with van der Waals surface area (Å²) in [6.07, 6.45) is -4.82. The van der Waals surface area contributed by atoms with Crippen LogP contribution in [0.25, 0.3) is 22.3 Å². The topological polar surface area (TPSA) is 172 Å². The lowest BCUT2D eigenvalue weighted by Gasteiger charge is -2.31. The van der Waals surface area contributed by atoms with E-state index in [1.54, 1.807) is 18.2 Å². The quantitative estimate of drug-likeness (QED) is 0.0747. The van der Waals surface area contributed by atoms with E-state index in [2.05, 4.69) is 16.0 Å².